The molecule has 1 aliphatic heterocycles. The summed E-state index contributed by atoms with van der Waals surface area (Å²) in [5.74, 6) is 1.25. The molecule has 6 heteroatoms. The van der Waals surface area contributed by atoms with Crippen molar-refractivity contribution in [2.24, 2.45) is 0 Å². The van der Waals surface area contributed by atoms with E-state index in [0.29, 0.717) is 11.5 Å². The van der Waals surface area contributed by atoms with Crippen molar-refractivity contribution in [1.29, 1.82) is 0 Å². The van der Waals surface area contributed by atoms with Gasteiger partial charge in [0.15, 0.2) is 0 Å². The molecule has 0 bridgehead atoms. The van der Waals surface area contributed by atoms with Crippen LogP contribution in [0.4, 0.5) is 22.7 Å². The van der Waals surface area contributed by atoms with E-state index in [1.165, 1.54) is 44.2 Å². The van der Waals surface area contributed by atoms with Crippen LogP contribution in [0, 0.1) is 18.8 Å². The van der Waals surface area contributed by atoms with Gasteiger partial charge in [-0.25, -0.2) is 0 Å². The molecular formula is C58H59N4OPt-3. The van der Waals surface area contributed by atoms with E-state index in [1.54, 1.807) is 0 Å². The Morgan fingerprint density at radius 3 is 1.80 bits per heavy atom. The minimum Gasteiger partial charge on any atom is -0.509 e. The Morgan fingerprint density at radius 1 is 0.562 bits per heavy atom. The number of fused-ring (bicyclic) bond motifs is 4. The Balaban J connectivity index is 0.00000518. The Hall–Kier alpha value is -5.38. The molecule has 5 nitrogen and oxygen atoms in total. The summed E-state index contributed by atoms with van der Waals surface area (Å²) in [4.78, 5) is 4.58. The van der Waals surface area contributed by atoms with E-state index in [0.717, 1.165) is 44.7 Å². The maximum atomic E-state index is 6.89. The summed E-state index contributed by atoms with van der Waals surface area (Å²) in [6, 6.07) is 47.3. The summed E-state index contributed by atoms with van der Waals surface area (Å²) in [5.41, 5.74) is 14.6. The Kier molecular flexibility index (Phi) is 10.2. The van der Waals surface area contributed by atoms with Crippen LogP contribution in [0.5, 0.6) is 11.5 Å². The van der Waals surface area contributed by atoms with Gasteiger partial charge in [0.25, 0.3) is 0 Å². The van der Waals surface area contributed by atoms with E-state index >= 15 is 0 Å². The van der Waals surface area contributed by atoms with E-state index in [9.17, 15) is 0 Å². The summed E-state index contributed by atoms with van der Waals surface area (Å²) in [7, 11) is 0. The largest absolute Gasteiger partial charge is 0.509 e. The molecular weight excluding hydrogens is 964 g/mol. The van der Waals surface area contributed by atoms with Gasteiger partial charge in [0, 0.05) is 60.6 Å². The molecule has 0 unspecified atom stereocenters. The molecule has 0 radical (unpaired) electrons. The zero-order chi connectivity index (χ0) is 44.6. The summed E-state index contributed by atoms with van der Waals surface area (Å²) in [6.07, 6.45) is 2.08. The predicted octanol–water partition coefficient (Wildman–Crippen LogP) is 15.6. The van der Waals surface area contributed by atoms with Crippen LogP contribution in [0.15, 0.2) is 115 Å². The topological polar surface area (TPSA) is 33.0 Å². The third-order valence-electron chi connectivity index (χ3n) is 14.3. The quantitative estimate of drug-likeness (QED) is 0.127. The number of nitrogens with zero attached hydrogens (tertiary/aromatic N) is 4. The molecule has 2 aliphatic rings. The normalized spacial score (nSPS) is 15.6. The fraction of sp³-hybridized carbons (Fsp3) is 0.310. The molecule has 0 amide bonds. The smallest absolute Gasteiger partial charge is 0.0752 e. The van der Waals surface area contributed by atoms with E-state index in [4.69, 9.17) is 9.84 Å². The molecule has 0 saturated carbocycles. The summed E-state index contributed by atoms with van der Waals surface area (Å²) in [5, 5.41) is 8.67. The molecule has 1 aliphatic carbocycles. The maximum Gasteiger partial charge on any atom is 0.0752 e. The molecule has 0 fully saturated rings. The van der Waals surface area contributed by atoms with Crippen LogP contribution in [0.25, 0.3) is 38.3 Å². The third kappa shape index (κ3) is 6.96. The van der Waals surface area contributed by atoms with Crippen LogP contribution in [0.2, 0.25) is 0 Å². The first-order valence-electron chi connectivity index (χ1n) is 22.5. The number of para-hydroxylation sites is 2. The number of pyridine rings is 1. The first kappa shape index (κ1) is 43.8. The van der Waals surface area contributed by atoms with Crippen molar-refractivity contribution < 1.29 is 25.8 Å². The molecule has 0 spiro atoms. The second kappa shape index (κ2) is 14.8. The van der Waals surface area contributed by atoms with Gasteiger partial charge in [-0.05, 0) is 90.7 Å². The van der Waals surface area contributed by atoms with Gasteiger partial charge < -0.3 is 14.5 Å². The fourth-order valence-electron chi connectivity index (χ4n) is 9.59. The van der Waals surface area contributed by atoms with E-state index in [-0.39, 0.29) is 48.1 Å². The molecule has 0 N–H and O–H groups in total. The molecule has 6 aromatic carbocycles. The van der Waals surface area contributed by atoms with Crippen LogP contribution in [-0.4, -0.2) is 9.61 Å². The van der Waals surface area contributed by atoms with Crippen molar-refractivity contribution in [2.45, 2.75) is 117 Å². The predicted molar refractivity (Wildman–Crippen MR) is 263 cm³/mol. The van der Waals surface area contributed by atoms with Gasteiger partial charge in [-0.15, -0.1) is 53.6 Å². The third-order valence-corrected chi connectivity index (χ3v) is 14.3. The van der Waals surface area contributed by atoms with Gasteiger partial charge in [0.05, 0.1) is 11.7 Å². The molecule has 0 saturated heterocycles. The van der Waals surface area contributed by atoms with E-state index in [2.05, 4.69) is 239 Å². The van der Waals surface area contributed by atoms with Gasteiger partial charge in [-0.1, -0.05) is 150 Å². The first-order chi connectivity index (χ1) is 29.6. The van der Waals surface area contributed by atoms with Crippen LogP contribution < -0.4 is 14.5 Å². The van der Waals surface area contributed by atoms with Crippen molar-refractivity contribution in [2.75, 3.05) is 9.80 Å². The van der Waals surface area contributed by atoms with Crippen molar-refractivity contribution in [3.63, 3.8) is 0 Å². The van der Waals surface area contributed by atoms with Crippen molar-refractivity contribution >= 4 is 49.9 Å². The molecule has 64 heavy (non-hydrogen) atoms. The number of ether oxygens (including phenoxy) is 1. The van der Waals surface area contributed by atoms with Crippen molar-refractivity contribution in [3.05, 3.63) is 162 Å². The molecule has 2 aromatic heterocycles. The minimum atomic E-state index is -0.171. The second-order valence-electron chi connectivity index (χ2n) is 22.0. The molecule has 8 aromatic rings. The van der Waals surface area contributed by atoms with Gasteiger partial charge >= 0.3 is 0 Å². The summed E-state index contributed by atoms with van der Waals surface area (Å²) in [6.45, 7) is 32.2. The van der Waals surface area contributed by atoms with Crippen LogP contribution in [-0.2, 0) is 48.1 Å². The molecule has 10 rings (SSSR count). The number of hydrogen-bond acceptors (Lipinski definition) is 4. The average molecular weight is 1020 g/mol. The van der Waals surface area contributed by atoms with Crippen molar-refractivity contribution in [3.8, 4) is 22.6 Å². The standard InChI is InChI=1S/C58H59N4O.Pt/c1-54(2,3)38-27-39(55(4,5)6)29-41(28-38)60-35-61(50-22-18-17-21-49(50)60)42-30-40(56(7,8)9)31-44(32-42)63-43-23-24-45-46-25-37(36-19-15-14-16-20-36)26-47-52(46)53-48(58(12,13)57(47,10)11)34-59-62(53)51(45)33-43;/h14-31,34-35H,1-13H3;/q-3;. The number of hydrogen-bond donors (Lipinski definition) is 0. The minimum absolute atomic E-state index is 0. The number of benzene rings is 6. The van der Waals surface area contributed by atoms with Gasteiger partial charge in [-0.3, -0.25) is 4.52 Å². The zero-order valence-electron chi connectivity index (χ0n) is 39.6. The second-order valence-corrected chi connectivity index (χ2v) is 22.0. The fourth-order valence-corrected chi connectivity index (χ4v) is 9.59. The molecule has 0 atom stereocenters. The Morgan fingerprint density at radius 2 is 1.16 bits per heavy atom. The molecule has 3 heterocycles. The zero-order valence-corrected chi connectivity index (χ0v) is 41.8. The summed E-state index contributed by atoms with van der Waals surface area (Å²) < 4.78 is 9.00. The average Bonchev–Trinajstić information content (AvgIpc) is 3.86. The number of anilines is 4. The van der Waals surface area contributed by atoms with Gasteiger partial charge in [-0.2, -0.15) is 11.2 Å². The monoisotopic (exact) mass is 1020 g/mol. The summed E-state index contributed by atoms with van der Waals surface area (Å²) >= 11 is 0. The van der Waals surface area contributed by atoms with Gasteiger partial charge in [0.2, 0.25) is 0 Å². The Bertz CT molecular complexity index is 3100. The van der Waals surface area contributed by atoms with Crippen LogP contribution in [0.1, 0.15) is 118 Å². The van der Waals surface area contributed by atoms with E-state index < -0.39 is 0 Å². The Labute approximate surface area is 394 Å². The SMILES string of the molecule is CC(C)(C)c1cc(Oc2[c-]c3c(cc2)c2cc(-c4ccccc4)cc4c2c2c(cnn32)C(C)(C)C4(C)C)[c-]c(N2[CH-]N(c3cc(C(C)(C)C)cc(C(C)(C)C)c3)c3ccccc32)c1.[Pt]. The van der Waals surface area contributed by atoms with E-state index in [1.807, 2.05) is 0 Å². The van der Waals surface area contributed by atoms with Gasteiger partial charge in [0.1, 0.15) is 0 Å². The van der Waals surface area contributed by atoms with Crippen LogP contribution >= 0.6 is 0 Å². The van der Waals surface area contributed by atoms with Crippen molar-refractivity contribution in [1.82, 2.24) is 9.61 Å². The maximum absolute atomic E-state index is 6.89. The molecule has 330 valence electrons. The first-order valence-corrected chi connectivity index (χ1v) is 22.5. The number of aromatic nitrogens is 2. The number of rotatable bonds is 5. The van der Waals surface area contributed by atoms with Crippen LogP contribution in [0.3, 0.4) is 0 Å².